The monoisotopic (exact) mass is 319 g/mol. The molecule has 0 aliphatic heterocycles. The molecule has 0 bridgehead atoms. The number of amides is 1. The van der Waals surface area contributed by atoms with Gasteiger partial charge in [-0.3, -0.25) is 4.79 Å². The Hall–Kier alpha value is -2.53. The zero-order valence-electron chi connectivity index (χ0n) is 11.8. The summed E-state index contributed by atoms with van der Waals surface area (Å²) in [6.45, 7) is 1.60. The molecule has 22 heavy (non-hydrogen) atoms. The molecule has 0 saturated carbocycles. The molecule has 0 aliphatic rings. The number of nitrogens with one attached hydrogen (secondary N) is 1. The average Bonchev–Trinajstić information content (AvgIpc) is 2.49. The Kier molecular flexibility index (Phi) is 5.01. The van der Waals surface area contributed by atoms with E-state index in [9.17, 15) is 9.59 Å². The van der Waals surface area contributed by atoms with Gasteiger partial charge in [0, 0.05) is 5.02 Å². The lowest BCUT2D eigenvalue weighted by atomic mass is 10.2. The summed E-state index contributed by atoms with van der Waals surface area (Å²) in [6.07, 6.45) is 0. The fraction of sp³-hybridized carbons (Fsp3) is 0.125. The lowest BCUT2D eigenvalue weighted by molar-refractivity contribution is -0.118. The first-order valence-corrected chi connectivity index (χ1v) is 6.86. The first kappa shape index (κ1) is 15.9. The van der Waals surface area contributed by atoms with Crippen LogP contribution in [-0.4, -0.2) is 23.6 Å². The second kappa shape index (κ2) is 6.95. The molecule has 6 heteroatoms. The minimum absolute atomic E-state index is 0.0261. The van der Waals surface area contributed by atoms with Crippen LogP contribution < -0.4 is 10.1 Å². The Balaban J connectivity index is 1.99. The molecule has 2 aromatic rings. The summed E-state index contributed by atoms with van der Waals surface area (Å²) < 4.78 is 5.36. The van der Waals surface area contributed by atoms with Crippen LogP contribution in [0, 0.1) is 6.92 Å². The van der Waals surface area contributed by atoms with Crippen LogP contribution in [0.4, 0.5) is 5.69 Å². The van der Waals surface area contributed by atoms with Crippen LogP contribution in [0.2, 0.25) is 5.02 Å². The van der Waals surface area contributed by atoms with Gasteiger partial charge in [0.05, 0.1) is 11.3 Å². The maximum atomic E-state index is 11.9. The van der Waals surface area contributed by atoms with Gasteiger partial charge in [0.15, 0.2) is 6.61 Å². The van der Waals surface area contributed by atoms with E-state index in [1.807, 2.05) is 6.92 Å². The highest BCUT2D eigenvalue weighted by molar-refractivity contribution is 6.31. The average molecular weight is 320 g/mol. The van der Waals surface area contributed by atoms with Gasteiger partial charge in [-0.15, -0.1) is 0 Å². The molecule has 0 aliphatic carbocycles. The molecule has 114 valence electrons. The van der Waals surface area contributed by atoms with Gasteiger partial charge in [0.1, 0.15) is 5.75 Å². The fourth-order valence-electron chi connectivity index (χ4n) is 1.82. The number of hydrogen-bond acceptors (Lipinski definition) is 3. The molecule has 2 rings (SSSR count). The summed E-state index contributed by atoms with van der Waals surface area (Å²) >= 11 is 5.91. The zero-order valence-corrected chi connectivity index (χ0v) is 12.6. The Morgan fingerprint density at radius 3 is 2.64 bits per heavy atom. The standard InChI is InChI=1S/C16H14ClNO4/c1-10-8-11(6-7-13(10)17)22-9-15(19)18-14-5-3-2-4-12(14)16(20)21/h2-8H,9H2,1H3,(H,18,19)(H,20,21). The van der Waals surface area contributed by atoms with Crippen molar-refractivity contribution < 1.29 is 19.4 Å². The Morgan fingerprint density at radius 1 is 1.23 bits per heavy atom. The number of carboxylic acids is 1. The normalized spacial score (nSPS) is 10.1. The number of aryl methyl sites for hydroxylation is 1. The summed E-state index contributed by atoms with van der Waals surface area (Å²) in [5.41, 5.74) is 1.10. The van der Waals surface area contributed by atoms with Gasteiger partial charge in [-0.25, -0.2) is 4.79 Å². The number of ether oxygens (including phenoxy) is 1. The minimum Gasteiger partial charge on any atom is -0.484 e. The van der Waals surface area contributed by atoms with E-state index >= 15 is 0 Å². The summed E-state index contributed by atoms with van der Waals surface area (Å²) in [7, 11) is 0. The van der Waals surface area contributed by atoms with E-state index < -0.39 is 11.9 Å². The predicted molar refractivity (Wildman–Crippen MR) is 83.7 cm³/mol. The fourth-order valence-corrected chi connectivity index (χ4v) is 1.94. The van der Waals surface area contributed by atoms with Crippen LogP contribution >= 0.6 is 11.6 Å². The summed E-state index contributed by atoms with van der Waals surface area (Å²) in [5, 5.41) is 12.2. The molecule has 2 N–H and O–H groups in total. The lowest BCUT2D eigenvalue weighted by Gasteiger charge is -2.10. The van der Waals surface area contributed by atoms with Crippen LogP contribution in [0.5, 0.6) is 5.75 Å². The van der Waals surface area contributed by atoms with Gasteiger partial charge in [-0.05, 0) is 42.8 Å². The van der Waals surface area contributed by atoms with E-state index in [1.54, 1.807) is 30.3 Å². The van der Waals surface area contributed by atoms with Gasteiger partial charge in [-0.1, -0.05) is 23.7 Å². The number of hydrogen-bond donors (Lipinski definition) is 2. The molecule has 2 aromatic carbocycles. The first-order chi connectivity index (χ1) is 10.5. The Bertz CT molecular complexity index is 715. The Labute approximate surface area is 132 Å². The van der Waals surface area contributed by atoms with E-state index in [0.717, 1.165) is 5.56 Å². The van der Waals surface area contributed by atoms with E-state index in [1.165, 1.54) is 12.1 Å². The Morgan fingerprint density at radius 2 is 1.95 bits per heavy atom. The number of para-hydroxylation sites is 1. The van der Waals surface area contributed by atoms with Crippen LogP contribution in [0.15, 0.2) is 42.5 Å². The van der Waals surface area contributed by atoms with Crippen molar-refractivity contribution in [2.45, 2.75) is 6.92 Å². The van der Waals surface area contributed by atoms with Crippen molar-refractivity contribution in [3.8, 4) is 5.75 Å². The van der Waals surface area contributed by atoms with Crippen LogP contribution in [0.3, 0.4) is 0 Å². The first-order valence-electron chi connectivity index (χ1n) is 6.48. The predicted octanol–water partition coefficient (Wildman–Crippen LogP) is 3.36. The zero-order chi connectivity index (χ0) is 16.1. The van der Waals surface area contributed by atoms with Gasteiger partial charge in [-0.2, -0.15) is 0 Å². The SMILES string of the molecule is Cc1cc(OCC(=O)Nc2ccccc2C(=O)O)ccc1Cl. The molecule has 0 aromatic heterocycles. The molecule has 5 nitrogen and oxygen atoms in total. The topological polar surface area (TPSA) is 75.6 Å². The van der Waals surface area contributed by atoms with E-state index in [4.69, 9.17) is 21.4 Å². The highest BCUT2D eigenvalue weighted by atomic mass is 35.5. The van der Waals surface area contributed by atoms with Crippen LogP contribution in [0.25, 0.3) is 0 Å². The van der Waals surface area contributed by atoms with Crippen molar-refractivity contribution >= 4 is 29.2 Å². The third-order valence-corrected chi connectivity index (χ3v) is 3.35. The molecule has 0 fully saturated rings. The highest BCUT2D eigenvalue weighted by Gasteiger charge is 2.12. The number of carbonyl (C=O) groups excluding carboxylic acids is 1. The quantitative estimate of drug-likeness (QED) is 0.886. The van der Waals surface area contributed by atoms with Crippen LogP contribution in [0.1, 0.15) is 15.9 Å². The van der Waals surface area contributed by atoms with Crippen molar-refractivity contribution in [2.24, 2.45) is 0 Å². The van der Waals surface area contributed by atoms with Gasteiger partial charge in [0.2, 0.25) is 0 Å². The third kappa shape index (κ3) is 3.99. The summed E-state index contributed by atoms with van der Waals surface area (Å²) in [5.74, 6) is -1.03. The minimum atomic E-state index is -1.11. The number of carbonyl (C=O) groups is 2. The molecule has 0 radical (unpaired) electrons. The molecule has 0 saturated heterocycles. The van der Waals surface area contributed by atoms with Crippen molar-refractivity contribution in [1.29, 1.82) is 0 Å². The van der Waals surface area contributed by atoms with E-state index in [0.29, 0.717) is 10.8 Å². The molecule has 0 atom stereocenters. The van der Waals surface area contributed by atoms with Crippen molar-refractivity contribution in [2.75, 3.05) is 11.9 Å². The number of aromatic carboxylic acids is 1. The second-order valence-corrected chi connectivity index (χ2v) is 5.01. The number of carboxylic acid groups (broad SMARTS) is 1. The van der Waals surface area contributed by atoms with Crippen molar-refractivity contribution in [3.63, 3.8) is 0 Å². The molecule has 0 heterocycles. The number of benzene rings is 2. The van der Waals surface area contributed by atoms with E-state index in [-0.39, 0.29) is 17.9 Å². The largest absolute Gasteiger partial charge is 0.484 e. The molecular formula is C16H14ClNO4. The maximum Gasteiger partial charge on any atom is 0.337 e. The van der Waals surface area contributed by atoms with Gasteiger partial charge in [0.25, 0.3) is 5.91 Å². The molecule has 0 unspecified atom stereocenters. The molecule has 0 spiro atoms. The lowest BCUT2D eigenvalue weighted by Crippen LogP contribution is -2.21. The molecular weight excluding hydrogens is 306 g/mol. The number of halogens is 1. The van der Waals surface area contributed by atoms with Crippen molar-refractivity contribution in [1.82, 2.24) is 0 Å². The van der Waals surface area contributed by atoms with Crippen LogP contribution in [-0.2, 0) is 4.79 Å². The molecule has 1 amide bonds. The third-order valence-electron chi connectivity index (χ3n) is 2.93. The highest BCUT2D eigenvalue weighted by Crippen LogP contribution is 2.21. The number of anilines is 1. The smallest absolute Gasteiger partial charge is 0.337 e. The van der Waals surface area contributed by atoms with Gasteiger partial charge < -0.3 is 15.2 Å². The second-order valence-electron chi connectivity index (χ2n) is 4.60. The maximum absolute atomic E-state index is 11.9. The number of rotatable bonds is 5. The van der Waals surface area contributed by atoms with Crippen molar-refractivity contribution in [3.05, 3.63) is 58.6 Å². The van der Waals surface area contributed by atoms with Gasteiger partial charge >= 0.3 is 5.97 Å². The van der Waals surface area contributed by atoms with E-state index in [2.05, 4.69) is 5.32 Å². The summed E-state index contributed by atoms with van der Waals surface area (Å²) in [6, 6.07) is 11.2. The summed E-state index contributed by atoms with van der Waals surface area (Å²) in [4.78, 5) is 22.9.